The summed E-state index contributed by atoms with van der Waals surface area (Å²) in [6.45, 7) is 3.87. The Morgan fingerprint density at radius 2 is 1.79 bits per heavy atom. The van der Waals surface area contributed by atoms with Gasteiger partial charge in [-0.05, 0) is 55.7 Å². The highest BCUT2D eigenvalue weighted by molar-refractivity contribution is 6.10. The summed E-state index contributed by atoms with van der Waals surface area (Å²) >= 11 is 0. The largest absolute Gasteiger partial charge is 0.494 e. The van der Waals surface area contributed by atoms with Gasteiger partial charge in [-0.25, -0.2) is 9.59 Å². The smallest absolute Gasteiger partial charge is 0.363 e. The molecule has 3 atom stereocenters. The first-order chi connectivity index (χ1) is 16.2. The number of nitrogens with zero attached hydrogens (tertiary/aromatic N) is 2. The number of fused-ring (bicyclic) bond motifs is 1. The predicted octanol–water partition coefficient (Wildman–Crippen LogP) is 2.70. The van der Waals surface area contributed by atoms with Crippen LogP contribution in [0.4, 0.5) is 5.69 Å². The van der Waals surface area contributed by atoms with Crippen molar-refractivity contribution < 1.29 is 33.9 Å². The zero-order chi connectivity index (χ0) is 24.6. The van der Waals surface area contributed by atoms with E-state index in [0.717, 1.165) is 12.1 Å². The van der Waals surface area contributed by atoms with E-state index in [1.165, 1.54) is 24.0 Å². The first-order valence-electron chi connectivity index (χ1n) is 10.7. The molecular formula is C24H22N2O8. The van der Waals surface area contributed by atoms with E-state index < -0.39 is 40.8 Å². The standard InChI is InChI=1S/C24H22N2O8/c1-3-33-17-10-6-14(7-11-17)18-12-19-20(13(2)27)22(28)25(19)21(18)24(30)34-23(29)15-4-8-16(9-5-15)26(31)32/h4-11,13,19-20,27H,3,12H2,1-2H3/t13-,19-,20-/m1/s1. The molecule has 0 radical (unpaired) electrons. The molecule has 0 spiro atoms. The lowest BCUT2D eigenvalue weighted by molar-refractivity contribution is -0.384. The number of non-ortho nitro benzene ring substituents is 1. The van der Waals surface area contributed by atoms with Crippen LogP contribution in [-0.2, 0) is 14.3 Å². The summed E-state index contributed by atoms with van der Waals surface area (Å²) in [5.74, 6) is -2.44. The molecule has 176 valence electrons. The summed E-state index contributed by atoms with van der Waals surface area (Å²) < 4.78 is 10.5. The SMILES string of the molecule is CCOc1ccc(C2=C(C(=O)OC(=O)c3ccc([N+](=O)[O-])cc3)N3C(=O)[C@H]([C@@H](C)O)[C@H]3C2)cc1. The van der Waals surface area contributed by atoms with Gasteiger partial charge in [-0.3, -0.25) is 14.9 Å². The maximum Gasteiger partial charge on any atom is 0.363 e. The number of ether oxygens (including phenoxy) is 2. The normalized spacial score (nSPS) is 19.9. The second-order valence-corrected chi connectivity index (χ2v) is 8.01. The lowest BCUT2D eigenvalue weighted by Gasteiger charge is -2.44. The molecule has 2 aliphatic rings. The number of nitro benzene ring substituents is 1. The molecule has 2 aromatic rings. The molecule has 0 aromatic heterocycles. The van der Waals surface area contributed by atoms with Gasteiger partial charge < -0.3 is 19.5 Å². The summed E-state index contributed by atoms with van der Waals surface area (Å²) in [5.41, 5.74) is 0.868. The Balaban J connectivity index is 1.63. The van der Waals surface area contributed by atoms with Gasteiger partial charge in [0.25, 0.3) is 5.69 Å². The maximum atomic E-state index is 13.1. The molecule has 2 heterocycles. The van der Waals surface area contributed by atoms with Crippen LogP contribution in [0.5, 0.6) is 5.75 Å². The number of amides is 1. The number of β-lactam (4-membered cyclic amide) rings is 1. The van der Waals surface area contributed by atoms with Crippen LogP contribution in [0.15, 0.2) is 54.2 Å². The molecule has 10 heteroatoms. The number of benzene rings is 2. The minimum absolute atomic E-state index is 0.0477. The van der Waals surface area contributed by atoms with Gasteiger partial charge in [0.2, 0.25) is 5.91 Å². The molecule has 0 aliphatic carbocycles. The lowest BCUT2D eigenvalue weighted by Crippen LogP contribution is -2.61. The third kappa shape index (κ3) is 4.03. The fraction of sp³-hybridized carbons (Fsp3) is 0.292. The fourth-order valence-corrected chi connectivity index (χ4v) is 4.35. The second-order valence-electron chi connectivity index (χ2n) is 8.01. The molecule has 2 aromatic carbocycles. The number of hydrogen-bond acceptors (Lipinski definition) is 8. The Bertz CT molecular complexity index is 1180. The number of carbonyl (C=O) groups excluding carboxylic acids is 3. The predicted molar refractivity (Wildman–Crippen MR) is 118 cm³/mol. The van der Waals surface area contributed by atoms with E-state index in [4.69, 9.17) is 9.47 Å². The van der Waals surface area contributed by atoms with Gasteiger partial charge in [0.15, 0.2) is 0 Å². The van der Waals surface area contributed by atoms with Crippen molar-refractivity contribution in [3.8, 4) is 5.75 Å². The Morgan fingerprint density at radius 1 is 1.15 bits per heavy atom. The van der Waals surface area contributed by atoms with E-state index in [2.05, 4.69) is 0 Å². The molecule has 1 fully saturated rings. The fourth-order valence-electron chi connectivity index (χ4n) is 4.35. The molecule has 1 N–H and O–H groups in total. The molecule has 0 saturated carbocycles. The van der Waals surface area contributed by atoms with Crippen LogP contribution in [0.2, 0.25) is 0 Å². The number of esters is 2. The Labute approximate surface area is 194 Å². The van der Waals surface area contributed by atoms with Gasteiger partial charge in [0.05, 0.1) is 35.2 Å². The van der Waals surface area contributed by atoms with Crippen LogP contribution >= 0.6 is 0 Å². The van der Waals surface area contributed by atoms with Gasteiger partial charge in [-0.2, -0.15) is 0 Å². The van der Waals surface area contributed by atoms with Crippen molar-refractivity contribution in [2.75, 3.05) is 6.61 Å². The summed E-state index contributed by atoms with van der Waals surface area (Å²) in [6.07, 6.45) is -0.585. The Kier molecular flexibility index (Phi) is 6.16. The Hall–Kier alpha value is -4.05. The van der Waals surface area contributed by atoms with E-state index in [-0.39, 0.29) is 16.9 Å². The van der Waals surface area contributed by atoms with Crippen LogP contribution in [0.3, 0.4) is 0 Å². The zero-order valence-corrected chi connectivity index (χ0v) is 18.5. The number of aliphatic hydroxyl groups excluding tert-OH is 1. The first-order valence-corrected chi connectivity index (χ1v) is 10.7. The van der Waals surface area contributed by atoms with Crippen LogP contribution < -0.4 is 4.74 Å². The van der Waals surface area contributed by atoms with Crippen LogP contribution in [0, 0.1) is 16.0 Å². The van der Waals surface area contributed by atoms with Gasteiger partial charge >= 0.3 is 11.9 Å². The van der Waals surface area contributed by atoms with Crippen LogP contribution in [-0.4, -0.2) is 51.5 Å². The second kappa shape index (κ2) is 9.06. The number of rotatable bonds is 7. The summed E-state index contributed by atoms with van der Waals surface area (Å²) in [7, 11) is 0. The van der Waals surface area contributed by atoms with Crippen LogP contribution in [0.1, 0.15) is 36.2 Å². The van der Waals surface area contributed by atoms with Gasteiger partial charge in [-0.1, -0.05) is 12.1 Å². The molecule has 10 nitrogen and oxygen atoms in total. The van der Waals surface area contributed by atoms with E-state index in [1.807, 2.05) is 6.92 Å². The number of aliphatic hydroxyl groups is 1. The number of nitro groups is 1. The first kappa shape index (κ1) is 23.1. The zero-order valence-electron chi connectivity index (χ0n) is 18.5. The molecular weight excluding hydrogens is 444 g/mol. The summed E-state index contributed by atoms with van der Waals surface area (Å²) in [6, 6.07) is 11.2. The highest BCUT2D eigenvalue weighted by Crippen LogP contribution is 2.47. The van der Waals surface area contributed by atoms with Crippen molar-refractivity contribution in [3.63, 3.8) is 0 Å². The van der Waals surface area contributed by atoms with Crippen molar-refractivity contribution in [2.45, 2.75) is 32.4 Å². The number of hydrogen-bond donors (Lipinski definition) is 1. The number of carbonyl (C=O) groups is 3. The Morgan fingerprint density at radius 3 is 2.35 bits per heavy atom. The third-order valence-corrected chi connectivity index (χ3v) is 5.93. The van der Waals surface area contributed by atoms with E-state index in [1.54, 1.807) is 24.3 Å². The molecule has 0 unspecified atom stereocenters. The minimum atomic E-state index is -1.01. The average Bonchev–Trinajstić information content (AvgIpc) is 3.14. The van der Waals surface area contributed by atoms with Crippen molar-refractivity contribution in [2.24, 2.45) is 5.92 Å². The molecule has 1 saturated heterocycles. The minimum Gasteiger partial charge on any atom is -0.494 e. The van der Waals surface area contributed by atoms with Crippen molar-refractivity contribution >= 4 is 29.1 Å². The van der Waals surface area contributed by atoms with E-state index in [0.29, 0.717) is 29.9 Å². The lowest BCUT2D eigenvalue weighted by atomic mass is 9.82. The molecule has 1 amide bonds. The molecule has 34 heavy (non-hydrogen) atoms. The average molecular weight is 466 g/mol. The van der Waals surface area contributed by atoms with Gasteiger partial charge in [-0.15, -0.1) is 0 Å². The highest BCUT2D eigenvalue weighted by Gasteiger charge is 2.57. The molecule has 0 bridgehead atoms. The van der Waals surface area contributed by atoms with E-state index >= 15 is 0 Å². The van der Waals surface area contributed by atoms with Gasteiger partial charge in [0.1, 0.15) is 11.4 Å². The topological polar surface area (TPSA) is 136 Å². The monoisotopic (exact) mass is 466 g/mol. The van der Waals surface area contributed by atoms with Crippen molar-refractivity contribution in [1.82, 2.24) is 4.90 Å². The van der Waals surface area contributed by atoms with Crippen LogP contribution in [0.25, 0.3) is 5.57 Å². The maximum absolute atomic E-state index is 13.1. The highest BCUT2D eigenvalue weighted by atomic mass is 16.6. The quantitative estimate of drug-likeness (QED) is 0.216. The summed E-state index contributed by atoms with van der Waals surface area (Å²) in [5, 5.41) is 20.8. The molecule has 4 rings (SSSR count). The summed E-state index contributed by atoms with van der Waals surface area (Å²) in [4.78, 5) is 49.8. The molecule has 2 aliphatic heterocycles. The van der Waals surface area contributed by atoms with Gasteiger partial charge in [0, 0.05) is 12.1 Å². The van der Waals surface area contributed by atoms with Crippen molar-refractivity contribution in [3.05, 3.63) is 75.5 Å². The van der Waals surface area contributed by atoms with Crippen molar-refractivity contribution in [1.29, 1.82) is 0 Å². The van der Waals surface area contributed by atoms with E-state index in [9.17, 15) is 29.6 Å². The third-order valence-electron chi connectivity index (χ3n) is 5.93.